The number of rotatable bonds is 2. The van der Waals surface area contributed by atoms with Crippen LogP contribution >= 0.6 is 12.6 Å². The van der Waals surface area contributed by atoms with E-state index in [1.807, 2.05) is 42.7 Å². The van der Waals surface area contributed by atoms with Gasteiger partial charge in [-0.05, 0) is 17.7 Å². The van der Waals surface area contributed by atoms with Crippen molar-refractivity contribution in [2.24, 2.45) is 0 Å². The molecule has 0 saturated carbocycles. The summed E-state index contributed by atoms with van der Waals surface area (Å²) in [5.74, 6) is -0.594. The van der Waals surface area contributed by atoms with Gasteiger partial charge in [0, 0.05) is 24.5 Å². The third kappa shape index (κ3) is 2.47. The Hall–Kier alpha value is -2.65. The smallest absolute Gasteiger partial charge is 0.294 e. The zero-order valence-corrected chi connectivity index (χ0v) is 12.4. The molecule has 108 valence electrons. The predicted molar refractivity (Wildman–Crippen MR) is 82.4 cm³/mol. The summed E-state index contributed by atoms with van der Waals surface area (Å²) < 4.78 is 1.80. The van der Waals surface area contributed by atoms with Crippen molar-refractivity contribution in [1.29, 1.82) is 5.26 Å². The summed E-state index contributed by atoms with van der Waals surface area (Å²) in [7, 11) is 0. The summed E-state index contributed by atoms with van der Waals surface area (Å²) in [4.78, 5) is 16.5. The Balaban J connectivity index is 2.19. The molecule has 0 radical (unpaired) electrons. The Morgan fingerprint density at radius 2 is 1.91 bits per heavy atom. The highest BCUT2D eigenvalue weighted by atomic mass is 32.1. The van der Waals surface area contributed by atoms with Crippen molar-refractivity contribution in [3.8, 4) is 6.07 Å². The molecule has 1 aliphatic rings. The number of hydrogen-bond donors (Lipinski definition) is 2. The zero-order chi connectivity index (χ0) is 15.5. The summed E-state index contributed by atoms with van der Waals surface area (Å²) in [6, 6.07) is 10.8. The van der Waals surface area contributed by atoms with Gasteiger partial charge in [0.15, 0.2) is 12.4 Å². The van der Waals surface area contributed by atoms with E-state index in [-0.39, 0.29) is 5.91 Å². The summed E-state index contributed by atoms with van der Waals surface area (Å²) in [5, 5.41) is 12.5. The molecule has 0 aliphatic carbocycles. The van der Waals surface area contributed by atoms with Crippen LogP contribution in [0.1, 0.15) is 17.5 Å². The molecule has 0 fully saturated rings. The number of nitriles is 1. The van der Waals surface area contributed by atoms with Crippen LogP contribution in [0.4, 0.5) is 0 Å². The second-order valence-corrected chi connectivity index (χ2v) is 5.34. The van der Waals surface area contributed by atoms with E-state index in [0.717, 1.165) is 5.56 Å². The lowest BCUT2D eigenvalue weighted by Crippen LogP contribution is -2.53. The predicted octanol–water partition coefficient (Wildman–Crippen LogP) is 1.49. The van der Waals surface area contributed by atoms with Crippen LogP contribution in [0.3, 0.4) is 0 Å². The summed E-state index contributed by atoms with van der Waals surface area (Å²) in [6.45, 7) is 0. The van der Waals surface area contributed by atoms with E-state index >= 15 is 0 Å². The van der Waals surface area contributed by atoms with Crippen LogP contribution in [0.2, 0.25) is 0 Å². The minimum absolute atomic E-state index is 0.193. The molecule has 2 unspecified atom stereocenters. The molecule has 2 aromatic rings. The van der Waals surface area contributed by atoms with Crippen LogP contribution in [0.15, 0.2) is 65.7 Å². The number of thiol groups is 1. The average Bonchev–Trinajstić information content (AvgIpc) is 2.56. The number of allylic oxidation sites excluding steroid dienone is 1. The Labute approximate surface area is 133 Å². The SMILES string of the molecule is N#CC1=C(S)NC(=O)C([n+]2ccccc2)C1c1ccncc1. The number of pyridine rings is 2. The van der Waals surface area contributed by atoms with E-state index in [9.17, 15) is 10.1 Å². The van der Waals surface area contributed by atoms with Gasteiger partial charge in [0.05, 0.1) is 22.6 Å². The molecule has 0 spiro atoms. The van der Waals surface area contributed by atoms with Gasteiger partial charge in [-0.3, -0.25) is 9.78 Å². The normalized spacial score (nSPS) is 21.2. The first-order valence-corrected chi connectivity index (χ1v) is 7.17. The van der Waals surface area contributed by atoms with Gasteiger partial charge >= 0.3 is 0 Å². The fourth-order valence-electron chi connectivity index (χ4n) is 2.66. The molecule has 3 rings (SSSR count). The maximum atomic E-state index is 12.5. The van der Waals surface area contributed by atoms with Crippen LogP contribution in [-0.4, -0.2) is 10.9 Å². The largest absolute Gasteiger partial charge is 0.314 e. The molecule has 0 saturated heterocycles. The maximum absolute atomic E-state index is 12.5. The van der Waals surface area contributed by atoms with E-state index in [4.69, 9.17) is 0 Å². The van der Waals surface area contributed by atoms with E-state index in [1.54, 1.807) is 17.0 Å². The molecule has 2 aromatic heterocycles. The molecule has 1 N–H and O–H groups in total. The Kier molecular flexibility index (Phi) is 3.90. The Morgan fingerprint density at radius 3 is 2.55 bits per heavy atom. The topological polar surface area (TPSA) is 69.7 Å². The molecule has 1 amide bonds. The van der Waals surface area contributed by atoms with Gasteiger partial charge in [0.1, 0.15) is 0 Å². The summed E-state index contributed by atoms with van der Waals surface area (Å²) in [6.07, 6.45) is 6.94. The Morgan fingerprint density at radius 1 is 1.23 bits per heavy atom. The molecular weight excluding hydrogens is 296 g/mol. The Bertz CT molecular complexity index is 768. The lowest BCUT2D eigenvalue weighted by molar-refractivity contribution is -0.711. The average molecular weight is 309 g/mol. The molecule has 1 aliphatic heterocycles. The van der Waals surface area contributed by atoms with Gasteiger partial charge in [0.25, 0.3) is 5.91 Å². The molecule has 0 bridgehead atoms. The zero-order valence-electron chi connectivity index (χ0n) is 11.5. The minimum atomic E-state index is -0.547. The van der Waals surface area contributed by atoms with Crippen molar-refractivity contribution in [2.75, 3.05) is 0 Å². The van der Waals surface area contributed by atoms with Crippen molar-refractivity contribution in [3.05, 3.63) is 71.3 Å². The molecule has 2 atom stereocenters. The van der Waals surface area contributed by atoms with E-state index < -0.39 is 12.0 Å². The summed E-state index contributed by atoms with van der Waals surface area (Å²) in [5.41, 5.74) is 1.30. The van der Waals surface area contributed by atoms with Gasteiger partial charge in [0.2, 0.25) is 6.04 Å². The highest BCUT2D eigenvalue weighted by Gasteiger charge is 2.44. The first-order valence-electron chi connectivity index (χ1n) is 6.72. The van der Waals surface area contributed by atoms with Crippen molar-refractivity contribution < 1.29 is 9.36 Å². The van der Waals surface area contributed by atoms with Crippen molar-refractivity contribution in [3.63, 3.8) is 0 Å². The number of hydrogen-bond acceptors (Lipinski definition) is 4. The first-order chi connectivity index (χ1) is 10.7. The maximum Gasteiger partial charge on any atom is 0.294 e. The van der Waals surface area contributed by atoms with E-state index in [1.165, 1.54) is 0 Å². The standard InChI is InChI=1S/C16H12N4OS/c17-10-12-13(11-4-6-18-7-5-11)14(15(21)19-16(12)22)20-8-2-1-3-9-20/h1-9,13-14H,(H-,19,21,22)/p+1. The van der Waals surface area contributed by atoms with E-state index in [2.05, 4.69) is 29.0 Å². The third-order valence-electron chi connectivity index (χ3n) is 3.64. The molecule has 5 nitrogen and oxygen atoms in total. The monoisotopic (exact) mass is 309 g/mol. The lowest BCUT2D eigenvalue weighted by atomic mass is 9.83. The van der Waals surface area contributed by atoms with Gasteiger partial charge < -0.3 is 5.32 Å². The third-order valence-corrected chi connectivity index (χ3v) is 3.99. The fraction of sp³-hybridized carbons (Fsp3) is 0.125. The molecule has 0 aromatic carbocycles. The van der Waals surface area contributed by atoms with E-state index in [0.29, 0.717) is 10.6 Å². The van der Waals surface area contributed by atoms with Crippen LogP contribution in [0.5, 0.6) is 0 Å². The fourth-order valence-corrected chi connectivity index (χ4v) is 2.96. The number of nitrogens with zero attached hydrogens (tertiary/aromatic N) is 3. The molecule has 22 heavy (non-hydrogen) atoms. The van der Waals surface area contributed by atoms with Gasteiger partial charge in [-0.2, -0.15) is 9.83 Å². The van der Waals surface area contributed by atoms with Gasteiger partial charge in [-0.15, -0.1) is 12.6 Å². The number of carbonyl (C=O) groups is 1. The molecule has 3 heterocycles. The number of nitrogens with one attached hydrogen (secondary N) is 1. The first kappa shape index (κ1) is 14.3. The van der Waals surface area contributed by atoms with Crippen LogP contribution in [-0.2, 0) is 4.79 Å². The summed E-state index contributed by atoms with van der Waals surface area (Å²) >= 11 is 4.26. The van der Waals surface area contributed by atoms with Crippen molar-refractivity contribution in [2.45, 2.75) is 12.0 Å². The van der Waals surface area contributed by atoms with Crippen LogP contribution < -0.4 is 9.88 Å². The highest BCUT2D eigenvalue weighted by Crippen LogP contribution is 2.37. The van der Waals surface area contributed by atoms with Crippen molar-refractivity contribution in [1.82, 2.24) is 10.3 Å². The molecule has 6 heteroatoms. The number of aromatic nitrogens is 2. The lowest BCUT2D eigenvalue weighted by Gasteiger charge is -2.27. The highest BCUT2D eigenvalue weighted by molar-refractivity contribution is 7.84. The quantitative estimate of drug-likeness (QED) is 0.652. The molecular formula is C16H13N4OS+. The van der Waals surface area contributed by atoms with Gasteiger partial charge in [-0.1, -0.05) is 6.07 Å². The van der Waals surface area contributed by atoms with Crippen LogP contribution in [0, 0.1) is 11.3 Å². The minimum Gasteiger partial charge on any atom is -0.314 e. The number of amides is 1. The second-order valence-electron chi connectivity index (χ2n) is 4.89. The number of carbonyl (C=O) groups excluding carboxylic acids is 1. The van der Waals surface area contributed by atoms with Crippen molar-refractivity contribution >= 4 is 18.5 Å². The second kappa shape index (κ2) is 6.00. The van der Waals surface area contributed by atoms with Crippen LogP contribution in [0.25, 0.3) is 0 Å². The van der Waals surface area contributed by atoms with Gasteiger partial charge in [-0.25, -0.2) is 0 Å².